The highest BCUT2D eigenvalue weighted by atomic mass is 32.2. The van der Waals surface area contributed by atoms with Gasteiger partial charge in [0.15, 0.2) is 0 Å². The van der Waals surface area contributed by atoms with E-state index in [1.807, 2.05) is 0 Å². The Morgan fingerprint density at radius 1 is 1.06 bits per heavy atom. The second-order valence-electron chi connectivity index (χ2n) is 12.2. The van der Waals surface area contributed by atoms with E-state index < -0.39 is 14.4 Å². The highest BCUT2D eigenvalue weighted by molar-refractivity contribution is 7.95. The van der Waals surface area contributed by atoms with E-state index in [0.29, 0.717) is 0 Å². The average molecular weight is 467 g/mol. The van der Waals surface area contributed by atoms with Crippen LogP contribution in [0.4, 0.5) is 0 Å². The summed E-state index contributed by atoms with van der Waals surface area (Å²) in [5.41, 5.74) is 0.979. The fraction of sp³-hybridized carbons (Fsp3) is 1.00. The SMILES string of the molecule is BCC1CPC2CCCC(CCCCCCCC)CC(C2)C(C)(C)CC(B)(C)S1(=N)=O. The molecule has 7 atom stereocenters. The van der Waals surface area contributed by atoms with Crippen molar-refractivity contribution in [3.05, 3.63) is 0 Å². The van der Waals surface area contributed by atoms with Crippen molar-refractivity contribution in [2.75, 3.05) is 6.16 Å². The van der Waals surface area contributed by atoms with Gasteiger partial charge in [0.25, 0.3) is 0 Å². The lowest BCUT2D eigenvalue weighted by Gasteiger charge is -2.47. The van der Waals surface area contributed by atoms with Crippen molar-refractivity contribution in [2.24, 2.45) is 17.3 Å². The van der Waals surface area contributed by atoms with Gasteiger partial charge in [0.2, 0.25) is 0 Å². The van der Waals surface area contributed by atoms with E-state index in [0.717, 1.165) is 45.0 Å². The molecular weight excluding hydrogens is 415 g/mol. The van der Waals surface area contributed by atoms with Gasteiger partial charge < -0.3 is 0 Å². The van der Waals surface area contributed by atoms with Crippen LogP contribution in [0.25, 0.3) is 0 Å². The Morgan fingerprint density at radius 3 is 2.42 bits per heavy atom. The molecule has 2 bridgehead atoms. The molecule has 0 aromatic carbocycles. The van der Waals surface area contributed by atoms with Gasteiger partial charge in [-0.05, 0) is 54.8 Å². The summed E-state index contributed by atoms with van der Waals surface area (Å²) in [5.74, 6) is 1.61. The van der Waals surface area contributed by atoms with Gasteiger partial charge in [-0.2, -0.15) is 0 Å². The normalized spacial score (nSPS) is 40.1. The number of hydrogen-bond donors (Lipinski definition) is 1. The Labute approximate surface area is 199 Å². The van der Waals surface area contributed by atoms with Crippen molar-refractivity contribution >= 4 is 34.0 Å². The minimum atomic E-state index is -2.61. The van der Waals surface area contributed by atoms with Gasteiger partial charge in [0.05, 0.1) is 0 Å². The van der Waals surface area contributed by atoms with Crippen LogP contribution in [-0.2, 0) is 9.73 Å². The van der Waals surface area contributed by atoms with Gasteiger partial charge in [0.1, 0.15) is 15.7 Å². The predicted molar refractivity (Wildman–Crippen MR) is 148 cm³/mol. The van der Waals surface area contributed by atoms with Crippen molar-refractivity contribution in [2.45, 2.75) is 133 Å². The highest BCUT2D eigenvalue weighted by Crippen LogP contribution is 2.50. The molecule has 0 spiro atoms. The van der Waals surface area contributed by atoms with Crippen molar-refractivity contribution in [3.63, 3.8) is 0 Å². The second kappa shape index (κ2) is 12.3. The number of rotatable bonds is 8. The molecule has 0 aromatic rings. The van der Waals surface area contributed by atoms with E-state index in [-0.39, 0.29) is 10.7 Å². The quantitative estimate of drug-likeness (QED) is 0.257. The van der Waals surface area contributed by atoms with Crippen LogP contribution in [0.3, 0.4) is 0 Å². The third-order valence-electron chi connectivity index (χ3n) is 8.68. The zero-order valence-corrected chi connectivity index (χ0v) is 23.5. The van der Waals surface area contributed by atoms with E-state index in [4.69, 9.17) is 4.78 Å². The molecule has 1 saturated heterocycles. The minimum Gasteiger partial charge on any atom is -0.253 e. The lowest BCUT2D eigenvalue weighted by atomic mass is 9.63. The molecule has 2 aliphatic rings. The molecule has 2 rings (SSSR count). The maximum absolute atomic E-state index is 13.8. The minimum absolute atomic E-state index is 0.0825. The molecule has 1 aliphatic heterocycles. The van der Waals surface area contributed by atoms with E-state index in [1.54, 1.807) is 0 Å². The Bertz CT molecular complexity index is 637. The van der Waals surface area contributed by atoms with Crippen LogP contribution < -0.4 is 0 Å². The van der Waals surface area contributed by atoms with Crippen LogP contribution in [0.15, 0.2) is 0 Å². The van der Waals surface area contributed by atoms with Gasteiger partial charge in [-0.1, -0.05) is 91.8 Å². The van der Waals surface area contributed by atoms with Gasteiger partial charge in [-0.3, -0.25) is 4.78 Å². The molecule has 1 saturated carbocycles. The Hall–Kier alpha value is 0.510. The number of hydrogen-bond acceptors (Lipinski definition) is 2. The smallest absolute Gasteiger partial charge is 0.126 e. The topological polar surface area (TPSA) is 40.9 Å². The molecule has 2 nitrogen and oxygen atoms in total. The number of nitrogens with one attached hydrogen (secondary N) is 1. The first-order chi connectivity index (χ1) is 14.5. The van der Waals surface area contributed by atoms with Crippen molar-refractivity contribution in [3.8, 4) is 0 Å². The fourth-order valence-electron chi connectivity index (χ4n) is 6.62. The van der Waals surface area contributed by atoms with Crippen molar-refractivity contribution in [1.29, 1.82) is 4.78 Å². The molecule has 2 fully saturated rings. The summed E-state index contributed by atoms with van der Waals surface area (Å²) >= 11 is 0. The Kier molecular flexibility index (Phi) is 11.0. The van der Waals surface area contributed by atoms with E-state index in [1.165, 1.54) is 77.0 Å². The summed E-state index contributed by atoms with van der Waals surface area (Å²) < 4.78 is 22.4. The predicted octanol–water partition coefficient (Wildman–Crippen LogP) is 6.23. The molecule has 1 aliphatic carbocycles. The molecule has 31 heavy (non-hydrogen) atoms. The summed E-state index contributed by atoms with van der Waals surface area (Å²) in [5, 5.41) is 0.0825. The largest absolute Gasteiger partial charge is 0.253 e. The van der Waals surface area contributed by atoms with Crippen LogP contribution in [0.2, 0.25) is 6.32 Å². The lowest BCUT2D eigenvalue weighted by Crippen LogP contribution is -2.48. The molecule has 180 valence electrons. The maximum Gasteiger partial charge on any atom is 0.126 e. The summed E-state index contributed by atoms with van der Waals surface area (Å²) in [4.78, 5) is 0. The number of fused-ring (bicyclic) bond motifs is 2. The summed E-state index contributed by atoms with van der Waals surface area (Å²) in [6.07, 6.45) is 19.6. The van der Waals surface area contributed by atoms with Crippen LogP contribution in [0.5, 0.6) is 0 Å². The summed E-state index contributed by atoms with van der Waals surface area (Å²) in [6, 6.07) is 0. The monoisotopic (exact) mass is 467 g/mol. The highest BCUT2D eigenvalue weighted by Gasteiger charge is 2.45. The van der Waals surface area contributed by atoms with Crippen LogP contribution in [-0.4, -0.2) is 41.6 Å². The van der Waals surface area contributed by atoms with Gasteiger partial charge >= 0.3 is 0 Å². The summed E-state index contributed by atoms with van der Waals surface area (Å²) in [6.45, 7) is 9.33. The molecule has 1 heterocycles. The second-order valence-corrected chi connectivity index (χ2v) is 16.8. The Morgan fingerprint density at radius 2 is 1.74 bits per heavy atom. The molecular formula is C25H52B2NOPS. The molecule has 6 heteroatoms. The fourth-order valence-corrected chi connectivity index (χ4v) is 11.6. The van der Waals surface area contributed by atoms with Gasteiger partial charge in [0, 0.05) is 19.6 Å². The Balaban J connectivity index is 2.13. The van der Waals surface area contributed by atoms with Crippen molar-refractivity contribution in [1.82, 2.24) is 0 Å². The molecule has 0 radical (unpaired) electrons. The van der Waals surface area contributed by atoms with E-state index in [2.05, 4.69) is 43.4 Å². The lowest BCUT2D eigenvalue weighted by molar-refractivity contribution is 0.127. The first kappa shape index (κ1) is 27.8. The van der Waals surface area contributed by atoms with Gasteiger partial charge in [-0.25, -0.2) is 4.21 Å². The van der Waals surface area contributed by atoms with Crippen LogP contribution in [0, 0.1) is 22.0 Å². The number of unbranched alkanes of at least 4 members (excludes halogenated alkanes) is 5. The van der Waals surface area contributed by atoms with E-state index >= 15 is 0 Å². The molecule has 0 aromatic heterocycles. The standard InChI is InChI=1S/C25H52B2NOPS/c1-5-6-7-8-9-10-12-20-13-11-14-22-16-21(15-20)24(2,3)19-25(4,27)31(28,29)23(17-26)18-30-22/h20-23,28,30H,5-19,26-27H2,1-4H3. The van der Waals surface area contributed by atoms with Crippen LogP contribution >= 0.6 is 8.58 Å². The third-order valence-corrected chi connectivity index (χ3v) is 14.0. The van der Waals surface area contributed by atoms with Crippen LogP contribution in [0.1, 0.15) is 111 Å². The van der Waals surface area contributed by atoms with Crippen molar-refractivity contribution < 1.29 is 4.21 Å². The molecule has 0 amide bonds. The first-order valence-electron chi connectivity index (χ1n) is 13.5. The summed E-state index contributed by atoms with van der Waals surface area (Å²) in [7, 11) is 2.60. The van der Waals surface area contributed by atoms with Gasteiger partial charge in [-0.15, -0.1) is 8.58 Å². The van der Waals surface area contributed by atoms with E-state index in [9.17, 15) is 4.21 Å². The first-order valence-corrected chi connectivity index (χ1v) is 16.4. The molecule has 7 unspecified atom stereocenters. The third kappa shape index (κ3) is 7.77. The molecule has 1 N–H and O–H groups in total. The zero-order valence-electron chi connectivity index (χ0n) is 21.7. The maximum atomic E-state index is 13.8. The zero-order chi connectivity index (χ0) is 23.1. The average Bonchev–Trinajstić information content (AvgIpc) is 2.65.